The first kappa shape index (κ1) is 15.9. The summed E-state index contributed by atoms with van der Waals surface area (Å²) in [5.41, 5.74) is -0.418. The highest BCUT2D eigenvalue weighted by atomic mass is 19.4. The lowest BCUT2D eigenvalue weighted by Gasteiger charge is -2.22. The topological polar surface area (TPSA) is 34.1 Å². The first-order valence-electron chi connectivity index (χ1n) is 6.24. The molecule has 0 fully saturated rings. The highest BCUT2D eigenvalue weighted by molar-refractivity contribution is 5.29. The highest BCUT2D eigenvalue weighted by Gasteiger charge is 2.35. The second-order valence-electron chi connectivity index (χ2n) is 4.21. The van der Waals surface area contributed by atoms with E-state index in [-0.39, 0.29) is 11.6 Å². The lowest BCUT2D eigenvalue weighted by atomic mass is 9.98. The number of hydrogen-bond donors (Lipinski definition) is 1. The normalized spacial score (nSPS) is 13.5. The molecule has 1 N–H and O–H groups in total. The van der Waals surface area contributed by atoms with Crippen LogP contribution >= 0.6 is 0 Å². The van der Waals surface area contributed by atoms with Crippen LogP contribution in [0.1, 0.15) is 36.9 Å². The molecule has 0 aromatic carbocycles. The number of methoxy groups -OCH3 is 1. The minimum absolute atomic E-state index is 0.202. The minimum Gasteiger partial charge on any atom is -0.385 e. The predicted octanol–water partition coefficient (Wildman–Crippen LogP) is 3.18. The molecular weight excluding hydrogens is 257 g/mol. The Kier molecular flexibility index (Phi) is 6.24. The molecule has 0 bridgehead atoms. The Morgan fingerprint density at radius 3 is 2.74 bits per heavy atom. The Morgan fingerprint density at radius 1 is 1.42 bits per heavy atom. The zero-order valence-corrected chi connectivity index (χ0v) is 11.1. The molecule has 0 radical (unpaired) electrons. The number of ether oxygens (including phenoxy) is 1. The van der Waals surface area contributed by atoms with Crippen LogP contribution in [-0.4, -0.2) is 25.2 Å². The molecule has 0 saturated heterocycles. The summed E-state index contributed by atoms with van der Waals surface area (Å²) in [4.78, 5) is 3.82. The highest BCUT2D eigenvalue weighted by Crippen LogP contribution is 2.35. The van der Waals surface area contributed by atoms with Crippen molar-refractivity contribution in [3.8, 4) is 0 Å². The van der Waals surface area contributed by atoms with Crippen LogP contribution in [0.4, 0.5) is 13.2 Å². The Bertz CT molecular complexity index is 382. The van der Waals surface area contributed by atoms with E-state index in [1.807, 2.05) is 6.92 Å². The van der Waals surface area contributed by atoms with Crippen molar-refractivity contribution in [2.75, 3.05) is 20.3 Å². The molecule has 0 amide bonds. The van der Waals surface area contributed by atoms with Crippen molar-refractivity contribution in [2.24, 2.45) is 0 Å². The number of alkyl halides is 3. The van der Waals surface area contributed by atoms with E-state index in [2.05, 4.69) is 10.3 Å². The fourth-order valence-corrected chi connectivity index (χ4v) is 1.99. The molecule has 0 aliphatic heterocycles. The number of rotatable bonds is 7. The number of nitrogens with one attached hydrogen (secondary N) is 1. The van der Waals surface area contributed by atoms with Crippen molar-refractivity contribution < 1.29 is 17.9 Å². The van der Waals surface area contributed by atoms with Gasteiger partial charge in [0.05, 0.1) is 5.56 Å². The lowest BCUT2D eigenvalue weighted by molar-refractivity contribution is -0.138. The maximum Gasteiger partial charge on any atom is 0.416 e. The van der Waals surface area contributed by atoms with Gasteiger partial charge in [-0.05, 0) is 31.0 Å². The van der Waals surface area contributed by atoms with Gasteiger partial charge >= 0.3 is 6.18 Å². The molecule has 0 saturated carbocycles. The average molecular weight is 276 g/mol. The van der Waals surface area contributed by atoms with Crippen LogP contribution in [0.15, 0.2) is 18.5 Å². The molecule has 1 aromatic heterocycles. The van der Waals surface area contributed by atoms with E-state index < -0.39 is 11.7 Å². The van der Waals surface area contributed by atoms with Gasteiger partial charge in [0, 0.05) is 32.2 Å². The van der Waals surface area contributed by atoms with Crippen LogP contribution in [0.3, 0.4) is 0 Å². The van der Waals surface area contributed by atoms with Crippen LogP contribution < -0.4 is 5.32 Å². The third-order valence-corrected chi connectivity index (χ3v) is 2.82. The molecule has 1 aromatic rings. The SMILES string of the molecule is CCNC(CCCOC)c1cnccc1C(F)(F)F. The molecule has 1 heterocycles. The minimum atomic E-state index is -4.35. The summed E-state index contributed by atoms with van der Waals surface area (Å²) in [6, 6.07) is 0.668. The van der Waals surface area contributed by atoms with Gasteiger partial charge in [0.15, 0.2) is 0 Å². The average Bonchev–Trinajstić information content (AvgIpc) is 2.37. The zero-order chi connectivity index (χ0) is 14.3. The van der Waals surface area contributed by atoms with Crippen molar-refractivity contribution >= 4 is 0 Å². The first-order chi connectivity index (χ1) is 9.00. The Morgan fingerprint density at radius 2 is 2.16 bits per heavy atom. The van der Waals surface area contributed by atoms with Gasteiger partial charge in [-0.2, -0.15) is 13.2 Å². The van der Waals surface area contributed by atoms with Crippen molar-refractivity contribution in [2.45, 2.75) is 32.0 Å². The van der Waals surface area contributed by atoms with E-state index >= 15 is 0 Å². The summed E-state index contributed by atoms with van der Waals surface area (Å²) in [6.07, 6.45) is -0.614. The van der Waals surface area contributed by atoms with Crippen LogP contribution in [0.25, 0.3) is 0 Å². The van der Waals surface area contributed by atoms with E-state index in [1.165, 1.54) is 12.4 Å². The molecule has 1 rings (SSSR count). The fraction of sp³-hybridized carbons (Fsp3) is 0.615. The summed E-state index contributed by atoms with van der Waals surface area (Å²) in [6.45, 7) is 3.00. The predicted molar refractivity (Wildman–Crippen MR) is 66.8 cm³/mol. The second-order valence-corrected chi connectivity index (χ2v) is 4.21. The van der Waals surface area contributed by atoms with Crippen molar-refractivity contribution in [1.29, 1.82) is 0 Å². The largest absolute Gasteiger partial charge is 0.416 e. The number of nitrogens with zero attached hydrogens (tertiary/aromatic N) is 1. The Labute approximate surface area is 111 Å². The van der Waals surface area contributed by atoms with E-state index in [0.717, 1.165) is 6.07 Å². The van der Waals surface area contributed by atoms with Gasteiger partial charge in [-0.25, -0.2) is 0 Å². The molecule has 3 nitrogen and oxygen atoms in total. The number of hydrogen-bond acceptors (Lipinski definition) is 3. The van der Waals surface area contributed by atoms with Gasteiger partial charge in [0.2, 0.25) is 0 Å². The molecular formula is C13H19F3N2O. The van der Waals surface area contributed by atoms with E-state index in [1.54, 1.807) is 7.11 Å². The van der Waals surface area contributed by atoms with Crippen LogP contribution in [0.2, 0.25) is 0 Å². The van der Waals surface area contributed by atoms with Gasteiger partial charge in [-0.15, -0.1) is 0 Å². The molecule has 0 aliphatic rings. The standard InChI is InChI=1S/C13H19F3N2O/c1-3-18-12(5-4-8-19-2)10-9-17-7-6-11(10)13(14,15)16/h6-7,9,12,18H,3-5,8H2,1-2H3. The maximum absolute atomic E-state index is 13.0. The summed E-state index contributed by atoms with van der Waals surface area (Å²) < 4.78 is 43.8. The smallest absolute Gasteiger partial charge is 0.385 e. The number of aromatic nitrogens is 1. The fourth-order valence-electron chi connectivity index (χ4n) is 1.99. The summed E-state index contributed by atoms with van der Waals surface area (Å²) in [5.74, 6) is 0. The zero-order valence-electron chi connectivity index (χ0n) is 11.1. The molecule has 19 heavy (non-hydrogen) atoms. The van der Waals surface area contributed by atoms with Crippen LogP contribution in [0, 0.1) is 0 Å². The van der Waals surface area contributed by atoms with Gasteiger partial charge < -0.3 is 10.1 Å². The lowest BCUT2D eigenvalue weighted by Crippen LogP contribution is -2.24. The van der Waals surface area contributed by atoms with E-state index in [0.29, 0.717) is 26.0 Å². The third-order valence-electron chi connectivity index (χ3n) is 2.82. The summed E-state index contributed by atoms with van der Waals surface area (Å²) in [7, 11) is 1.58. The Balaban J connectivity index is 2.95. The Hall–Kier alpha value is -1.14. The van der Waals surface area contributed by atoms with Gasteiger partial charge in [-0.3, -0.25) is 4.98 Å². The van der Waals surface area contributed by atoms with Gasteiger partial charge in [-0.1, -0.05) is 6.92 Å². The van der Waals surface area contributed by atoms with Crippen molar-refractivity contribution in [3.05, 3.63) is 29.6 Å². The summed E-state index contributed by atoms with van der Waals surface area (Å²) >= 11 is 0. The molecule has 1 atom stereocenters. The van der Waals surface area contributed by atoms with E-state index in [4.69, 9.17) is 4.74 Å². The molecule has 108 valence electrons. The van der Waals surface area contributed by atoms with Crippen LogP contribution in [-0.2, 0) is 10.9 Å². The monoisotopic (exact) mass is 276 g/mol. The molecule has 0 spiro atoms. The molecule has 6 heteroatoms. The van der Waals surface area contributed by atoms with E-state index in [9.17, 15) is 13.2 Å². The first-order valence-corrected chi connectivity index (χ1v) is 6.24. The third kappa shape index (κ3) is 4.80. The maximum atomic E-state index is 13.0. The number of pyridine rings is 1. The molecule has 1 unspecified atom stereocenters. The second kappa shape index (κ2) is 7.45. The summed E-state index contributed by atoms with van der Waals surface area (Å²) in [5, 5.41) is 3.07. The van der Waals surface area contributed by atoms with Gasteiger partial charge in [0.25, 0.3) is 0 Å². The molecule has 0 aliphatic carbocycles. The quantitative estimate of drug-likeness (QED) is 0.777. The van der Waals surface area contributed by atoms with Crippen molar-refractivity contribution in [1.82, 2.24) is 10.3 Å². The van der Waals surface area contributed by atoms with Crippen LogP contribution in [0.5, 0.6) is 0 Å². The van der Waals surface area contributed by atoms with Crippen molar-refractivity contribution in [3.63, 3.8) is 0 Å². The number of halogens is 3. The van der Waals surface area contributed by atoms with Gasteiger partial charge in [0.1, 0.15) is 0 Å².